The highest BCUT2D eigenvalue weighted by Gasteiger charge is 2.35. The molecule has 0 saturated carbocycles. The highest BCUT2D eigenvalue weighted by atomic mass is 35.5. The van der Waals surface area contributed by atoms with Crippen molar-refractivity contribution in [1.82, 2.24) is 10.2 Å². The van der Waals surface area contributed by atoms with Crippen LogP contribution in [0, 0.1) is 6.92 Å². The molecule has 0 aliphatic carbocycles. The number of anilines is 1. The van der Waals surface area contributed by atoms with Gasteiger partial charge in [0.25, 0.3) is 10.0 Å². The summed E-state index contributed by atoms with van der Waals surface area (Å²) in [6.45, 7) is 4.88. The number of halogens is 2. The third-order valence-electron chi connectivity index (χ3n) is 7.09. The van der Waals surface area contributed by atoms with E-state index >= 15 is 0 Å². The highest BCUT2D eigenvalue weighted by molar-refractivity contribution is 7.92. The van der Waals surface area contributed by atoms with E-state index in [0.717, 1.165) is 15.4 Å². The van der Waals surface area contributed by atoms with Crippen LogP contribution in [0.2, 0.25) is 10.0 Å². The standard InChI is InChI=1S/C34H35Cl2N3O4S/c1-24(2)37-34(41)32(21-26-11-6-4-7-12-26)38(22-27-17-19-28(35)20-18-27)33(40)23-39(31-16-10-15-30(36)25(31)3)44(42,43)29-13-8-5-9-14-29/h4-20,24,32H,21-23H2,1-3H3,(H,37,41)/t32-/m1/s1. The lowest BCUT2D eigenvalue weighted by Crippen LogP contribution is -2.54. The van der Waals surface area contributed by atoms with E-state index < -0.39 is 28.5 Å². The Morgan fingerprint density at radius 2 is 1.41 bits per heavy atom. The number of hydrogen-bond acceptors (Lipinski definition) is 4. The molecule has 0 unspecified atom stereocenters. The van der Waals surface area contributed by atoms with Crippen molar-refractivity contribution in [2.75, 3.05) is 10.8 Å². The molecule has 0 fully saturated rings. The van der Waals surface area contributed by atoms with E-state index in [-0.39, 0.29) is 35.5 Å². The van der Waals surface area contributed by atoms with Crippen LogP contribution in [-0.2, 0) is 32.6 Å². The van der Waals surface area contributed by atoms with Crippen molar-refractivity contribution in [1.29, 1.82) is 0 Å². The zero-order valence-electron chi connectivity index (χ0n) is 24.8. The molecule has 0 bridgehead atoms. The van der Waals surface area contributed by atoms with Crippen molar-refractivity contribution in [3.63, 3.8) is 0 Å². The van der Waals surface area contributed by atoms with Crippen molar-refractivity contribution >= 4 is 50.7 Å². The minimum Gasteiger partial charge on any atom is -0.352 e. The maximum absolute atomic E-state index is 14.5. The van der Waals surface area contributed by atoms with Crippen LogP contribution in [0.3, 0.4) is 0 Å². The Hall–Kier alpha value is -3.85. The van der Waals surface area contributed by atoms with Gasteiger partial charge in [-0.1, -0.05) is 89.9 Å². The minimum atomic E-state index is -4.22. The molecule has 0 saturated heterocycles. The Bertz CT molecular complexity index is 1680. The lowest BCUT2D eigenvalue weighted by atomic mass is 10.0. The summed E-state index contributed by atoms with van der Waals surface area (Å²) >= 11 is 12.6. The number of nitrogens with one attached hydrogen (secondary N) is 1. The molecule has 1 N–H and O–H groups in total. The molecule has 7 nitrogen and oxygen atoms in total. The number of carbonyl (C=O) groups excluding carboxylic acids is 2. The second kappa shape index (κ2) is 14.8. The van der Waals surface area contributed by atoms with Gasteiger partial charge in [-0.25, -0.2) is 8.42 Å². The van der Waals surface area contributed by atoms with E-state index in [4.69, 9.17) is 23.2 Å². The zero-order chi connectivity index (χ0) is 31.9. The minimum absolute atomic E-state index is 0.0230. The molecule has 4 aromatic rings. The molecule has 2 amide bonds. The molecular formula is C34H35Cl2N3O4S. The van der Waals surface area contributed by atoms with E-state index in [0.29, 0.717) is 15.6 Å². The Morgan fingerprint density at radius 3 is 2.02 bits per heavy atom. The summed E-state index contributed by atoms with van der Waals surface area (Å²) in [4.78, 5) is 29.7. The molecule has 0 aliphatic heterocycles. The van der Waals surface area contributed by atoms with Crippen LogP contribution in [0.25, 0.3) is 0 Å². The van der Waals surface area contributed by atoms with Gasteiger partial charge in [-0.3, -0.25) is 13.9 Å². The van der Waals surface area contributed by atoms with E-state index in [1.807, 2.05) is 44.2 Å². The molecule has 4 aromatic carbocycles. The van der Waals surface area contributed by atoms with Crippen molar-refractivity contribution in [2.24, 2.45) is 0 Å². The average Bonchev–Trinajstić information content (AvgIpc) is 3.00. The van der Waals surface area contributed by atoms with Gasteiger partial charge in [-0.2, -0.15) is 0 Å². The zero-order valence-corrected chi connectivity index (χ0v) is 27.1. The molecule has 44 heavy (non-hydrogen) atoms. The van der Waals surface area contributed by atoms with E-state index in [1.54, 1.807) is 67.6 Å². The summed E-state index contributed by atoms with van der Waals surface area (Å²) in [5.41, 5.74) is 2.36. The molecule has 0 spiro atoms. The number of sulfonamides is 1. The molecule has 0 radical (unpaired) electrons. The molecule has 230 valence electrons. The third kappa shape index (κ3) is 8.20. The van der Waals surface area contributed by atoms with Crippen LogP contribution in [0.4, 0.5) is 5.69 Å². The summed E-state index contributed by atoms with van der Waals surface area (Å²) in [5.74, 6) is -0.902. The average molecular weight is 653 g/mol. The summed E-state index contributed by atoms with van der Waals surface area (Å²) in [5, 5.41) is 3.84. The van der Waals surface area contributed by atoms with E-state index in [1.165, 1.54) is 17.0 Å². The van der Waals surface area contributed by atoms with Crippen LogP contribution < -0.4 is 9.62 Å². The van der Waals surface area contributed by atoms with Gasteiger partial charge in [0.05, 0.1) is 10.6 Å². The number of rotatable bonds is 12. The first-order valence-corrected chi connectivity index (χ1v) is 16.4. The summed E-state index contributed by atoms with van der Waals surface area (Å²) < 4.78 is 29.3. The Balaban J connectivity index is 1.82. The molecule has 1 atom stereocenters. The van der Waals surface area contributed by atoms with Gasteiger partial charge >= 0.3 is 0 Å². The van der Waals surface area contributed by atoms with Crippen LogP contribution >= 0.6 is 23.2 Å². The van der Waals surface area contributed by atoms with Crippen LogP contribution in [-0.4, -0.2) is 43.8 Å². The normalized spacial score (nSPS) is 12.0. The number of nitrogens with zero attached hydrogens (tertiary/aromatic N) is 2. The number of amides is 2. The van der Waals surface area contributed by atoms with Gasteiger partial charge in [0.15, 0.2) is 0 Å². The van der Waals surface area contributed by atoms with Crippen molar-refractivity contribution in [3.05, 3.63) is 130 Å². The monoisotopic (exact) mass is 651 g/mol. The van der Waals surface area contributed by atoms with Crippen molar-refractivity contribution in [3.8, 4) is 0 Å². The lowest BCUT2D eigenvalue weighted by molar-refractivity contribution is -0.140. The topological polar surface area (TPSA) is 86.8 Å². The van der Waals surface area contributed by atoms with Crippen LogP contribution in [0.15, 0.2) is 108 Å². The summed E-state index contributed by atoms with van der Waals surface area (Å²) in [6, 6.07) is 28.1. The quantitative estimate of drug-likeness (QED) is 0.186. The first kappa shape index (κ1) is 33.1. The van der Waals surface area contributed by atoms with Crippen molar-refractivity contribution < 1.29 is 18.0 Å². The Kier molecular flexibility index (Phi) is 11.1. The SMILES string of the molecule is Cc1c(Cl)cccc1N(CC(=O)N(Cc1ccc(Cl)cc1)[C@H](Cc1ccccc1)C(=O)NC(C)C)S(=O)(=O)c1ccccc1. The number of benzene rings is 4. The number of hydrogen-bond donors (Lipinski definition) is 1. The second-order valence-corrected chi connectivity index (χ2v) is 13.4. The van der Waals surface area contributed by atoms with E-state index in [9.17, 15) is 18.0 Å². The summed E-state index contributed by atoms with van der Waals surface area (Å²) in [7, 11) is -4.22. The predicted octanol–water partition coefficient (Wildman–Crippen LogP) is 6.66. The molecular weight excluding hydrogens is 617 g/mol. The second-order valence-electron chi connectivity index (χ2n) is 10.7. The maximum Gasteiger partial charge on any atom is 0.264 e. The molecule has 10 heteroatoms. The maximum atomic E-state index is 14.5. The van der Waals surface area contributed by atoms with Crippen molar-refractivity contribution in [2.45, 2.75) is 50.7 Å². The fourth-order valence-electron chi connectivity index (χ4n) is 4.82. The highest BCUT2D eigenvalue weighted by Crippen LogP contribution is 2.31. The molecule has 4 rings (SSSR count). The van der Waals surface area contributed by atoms with Gasteiger partial charge in [0.1, 0.15) is 12.6 Å². The fraction of sp³-hybridized carbons (Fsp3) is 0.235. The summed E-state index contributed by atoms with van der Waals surface area (Å²) in [6.07, 6.45) is 0.223. The van der Waals surface area contributed by atoms with Gasteiger partial charge in [0, 0.05) is 29.1 Å². The molecule has 0 aliphatic rings. The van der Waals surface area contributed by atoms with Gasteiger partial charge in [0.2, 0.25) is 11.8 Å². The first-order valence-electron chi connectivity index (χ1n) is 14.2. The number of carbonyl (C=O) groups is 2. The van der Waals surface area contributed by atoms with Gasteiger partial charge in [-0.05, 0) is 73.9 Å². The Labute approximate surface area is 269 Å². The van der Waals surface area contributed by atoms with Crippen LogP contribution in [0.1, 0.15) is 30.5 Å². The van der Waals surface area contributed by atoms with E-state index in [2.05, 4.69) is 5.32 Å². The Morgan fingerprint density at radius 1 is 0.795 bits per heavy atom. The lowest BCUT2D eigenvalue weighted by Gasteiger charge is -2.34. The predicted molar refractivity (Wildman–Crippen MR) is 176 cm³/mol. The first-order chi connectivity index (χ1) is 21.0. The molecule has 0 heterocycles. The molecule has 0 aromatic heterocycles. The smallest absolute Gasteiger partial charge is 0.264 e. The van der Waals surface area contributed by atoms with Crippen LogP contribution in [0.5, 0.6) is 0 Å². The van der Waals surface area contributed by atoms with Gasteiger partial charge in [-0.15, -0.1) is 0 Å². The third-order valence-corrected chi connectivity index (χ3v) is 9.52. The van der Waals surface area contributed by atoms with Gasteiger partial charge < -0.3 is 10.2 Å². The fourth-order valence-corrected chi connectivity index (χ4v) is 6.61. The largest absolute Gasteiger partial charge is 0.352 e.